The minimum atomic E-state index is -1.68. The Labute approximate surface area is 232 Å². The summed E-state index contributed by atoms with van der Waals surface area (Å²) >= 11 is 0. The van der Waals surface area contributed by atoms with Crippen LogP contribution >= 0.6 is 0 Å². The van der Waals surface area contributed by atoms with Crippen molar-refractivity contribution < 1.29 is 28.6 Å². The minimum absolute atomic E-state index is 0.333. The number of hydrogen-bond donors (Lipinski definition) is 0. The van der Waals surface area contributed by atoms with Crippen molar-refractivity contribution in [1.29, 1.82) is 0 Å². The molecule has 204 valence electrons. The minimum Gasteiger partial charge on any atom is -0.493 e. The molecule has 0 N–H and O–H groups in total. The first-order valence-electron chi connectivity index (χ1n) is 13.2. The van der Waals surface area contributed by atoms with Crippen LogP contribution in [0, 0.1) is 5.41 Å². The van der Waals surface area contributed by atoms with Crippen molar-refractivity contribution in [2.45, 2.75) is 44.4 Å². The van der Waals surface area contributed by atoms with E-state index in [2.05, 4.69) is 0 Å². The predicted octanol–water partition coefficient (Wildman–Crippen LogP) is 4.97. The summed E-state index contributed by atoms with van der Waals surface area (Å²) < 4.78 is 17.0. The van der Waals surface area contributed by atoms with Crippen molar-refractivity contribution >= 4 is 23.8 Å². The molecule has 40 heavy (non-hydrogen) atoms. The van der Waals surface area contributed by atoms with Crippen LogP contribution in [0.4, 0.5) is 0 Å². The Kier molecular flexibility index (Phi) is 5.83. The number of benzene rings is 3. The summed E-state index contributed by atoms with van der Waals surface area (Å²) in [6.07, 6.45) is 1.67. The van der Waals surface area contributed by atoms with Crippen LogP contribution in [0.3, 0.4) is 0 Å². The lowest BCUT2D eigenvalue weighted by molar-refractivity contribution is -0.161. The normalized spacial score (nSPS) is 22.1. The highest BCUT2D eigenvalue weighted by molar-refractivity contribution is 6.31. The maximum Gasteiger partial charge on any atom is 0.331 e. The molecule has 1 spiro atoms. The van der Waals surface area contributed by atoms with Crippen LogP contribution < -0.4 is 9.47 Å². The number of hydrazone groups is 1. The molecule has 1 aliphatic carbocycles. The summed E-state index contributed by atoms with van der Waals surface area (Å²) in [5.41, 5.74) is 0.307. The number of Topliss-reactive ketones (excluding diaryl/α,β-unsaturated/α-hetero) is 2. The molecular weight excluding hydrogens is 508 g/mol. The molecule has 8 heteroatoms. The standard InChI is InChI=1S/C32H30N2O6/c1-31(2,3)40-30(37)26-25(18-14-15-23(38-4)24(16-18)39-5)32(28(35)21-12-8-9-13-22(21)29(32)36)27-20-11-7-6-10-19(20)17-33-34(26)27/h6-17,25-27H,1-5H3/t25-,26+,27?/m0/s1. The molecule has 0 amide bonds. The predicted molar refractivity (Wildman–Crippen MR) is 148 cm³/mol. The summed E-state index contributed by atoms with van der Waals surface area (Å²) in [5, 5.41) is 6.33. The van der Waals surface area contributed by atoms with Gasteiger partial charge in [-0.05, 0) is 49.6 Å². The smallest absolute Gasteiger partial charge is 0.331 e. The highest BCUT2D eigenvalue weighted by Gasteiger charge is 2.73. The lowest BCUT2D eigenvalue weighted by Crippen LogP contribution is -2.44. The van der Waals surface area contributed by atoms with E-state index in [4.69, 9.17) is 19.3 Å². The van der Waals surface area contributed by atoms with Crippen molar-refractivity contribution in [2.75, 3.05) is 14.2 Å². The molecule has 2 heterocycles. The number of fused-ring (bicyclic) bond motifs is 5. The van der Waals surface area contributed by atoms with Crippen LogP contribution in [0.2, 0.25) is 0 Å². The summed E-state index contributed by atoms with van der Waals surface area (Å²) in [6.45, 7) is 5.36. The van der Waals surface area contributed by atoms with Crippen LogP contribution in [-0.4, -0.2) is 54.6 Å². The van der Waals surface area contributed by atoms with E-state index in [1.807, 2.05) is 24.3 Å². The van der Waals surface area contributed by atoms with Gasteiger partial charge < -0.3 is 14.2 Å². The van der Waals surface area contributed by atoms with Gasteiger partial charge in [-0.3, -0.25) is 14.6 Å². The fourth-order valence-corrected chi connectivity index (χ4v) is 6.53. The molecule has 3 aromatic rings. The molecule has 6 rings (SSSR count). The van der Waals surface area contributed by atoms with Gasteiger partial charge in [0, 0.05) is 17.0 Å². The molecule has 0 saturated carbocycles. The van der Waals surface area contributed by atoms with Crippen LogP contribution in [0.5, 0.6) is 11.5 Å². The zero-order valence-corrected chi connectivity index (χ0v) is 23.0. The third-order valence-corrected chi connectivity index (χ3v) is 7.99. The van der Waals surface area contributed by atoms with Crippen molar-refractivity contribution in [3.8, 4) is 11.5 Å². The summed E-state index contributed by atoms with van der Waals surface area (Å²) in [6, 6.07) is 17.7. The van der Waals surface area contributed by atoms with Crippen LogP contribution in [0.25, 0.3) is 0 Å². The second-order valence-corrected chi connectivity index (χ2v) is 11.3. The van der Waals surface area contributed by atoms with Crippen LogP contribution in [0.15, 0.2) is 71.8 Å². The Morgan fingerprint density at radius 2 is 1.50 bits per heavy atom. The molecule has 8 nitrogen and oxygen atoms in total. The Bertz CT molecular complexity index is 1550. The van der Waals surface area contributed by atoms with E-state index in [9.17, 15) is 14.4 Å². The van der Waals surface area contributed by atoms with Crippen LogP contribution in [0.1, 0.15) is 70.1 Å². The van der Waals surface area contributed by atoms with Crippen molar-refractivity contribution in [1.82, 2.24) is 5.01 Å². The molecule has 3 atom stereocenters. The molecule has 3 aliphatic rings. The molecule has 2 aliphatic heterocycles. The lowest BCUT2D eigenvalue weighted by atomic mass is 9.63. The van der Waals surface area contributed by atoms with E-state index < -0.39 is 35.0 Å². The number of ketones is 2. The SMILES string of the molecule is COc1ccc([C@H]2[C@H](C(=O)OC(C)(C)C)N3N=Cc4ccccc4C3C23C(=O)c2ccccc2C3=O)cc1OC. The number of nitrogens with zero attached hydrogens (tertiary/aromatic N) is 2. The topological polar surface area (TPSA) is 94.5 Å². The van der Waals surface area contributed by atoms with Gasteiger partial charge in [0.25, 0.3) is 0 Å². The average Bonchev–Trinajstić information content (AvgIpc) is 3.38. The Morgan fingerprint density at radius 3 is 2.12 bits per heavy atom. The summed E-state index contributed by atoms with van der Waals surface area (Å²) in [5.74, 6) is -1.27. The zero-order valence-electron chi connectivity index (χ0n) is 23.0. The van der Waals surface area contributed by atoms with Gasteiger partial charge in [-0.25, -0.2) is 4.79 Å². The zero-order chi connectivity index (χ0) is 28.4. The third kappa shape index (κ3) is 3.51. The summed E-state index contributed by atoms with van der Waals surface area (Å²) in [4.78, 5) is 43.5. The number of rotatable bonds is 4. The molecular formula is C32H30N2O6. The number of carbonyl (C=O) groups excluding carboxylic acids is 3. The van der Waals surface area contributed by atoms with Gasteiger partial charge in [-0.2, -0.15) is 5.10 Å². The highest BCUT2D eigenvalue weighted by Crippen LogP contribution is 2.64. The maximum absolute atomic E-state index is 14.7. The summed E-state index contributed by atoms with van der Waals surface area (Å²) in [7, 11) is 3.05. The van der Waals surface area contributed by atoms with Gasteiger partial charge in [0.05, 0.1) is 26.5 Å². The molecule has 1 unspecified atom stereocenters. The fraction of sp³-hybridized carbons (Fsp3) is 0.312. The van der Waals surface area contributed by atoms with E-state index in [1.54, 1.807) is 74.5 Å². The van der Waals surface area contributed by atoms with Gasteiger partial charge >= 0.3 is 5.97 Å². The first-order chi connectivity index (χ1) is 19.1. The van der Waals surface area contributed by atoms with Gasteiger partial charge in [-0.15, -0.1) is 0 Å². The Balaban J connectivity index is 1.68. The quantitative estimate of drug-likeness (QED) is 0.342. The number of esters is 1. The van der Waals surface area contributed by atoms with E-state index in [-0.39, 0.29) is 11.6 Å². The number of ether oxygens (including phenoxy) is 3. The van der Waals surface area contributed by atoms with E-state index in [0.29, 0.717) is 28.2 Å². The average molecular weight is 539 g/mol. The van der Waals surface area contributed by atoms with Gasteiger partial charge in [0.2, 0.25) is 0 Å². The molecule has 3 aromatic carbocycles. The fourth-order valence-electron chi connectivity index (χ4n) is 6.53. The second-order valence-electron chi connectivity index (χ2n) is 11.3. The second kappa shape index (κ2) is 9.05. The number of hydrogen-bond acceptors (Lipinski definition) is 8. The highest BCUT2D eigenvalue weighted by atomic mass is 16.6. The largest absolute Gasteiger partial charge is 0.493 e. The first kappa shape index (κ1) is 25.8. The maximum atomic E-state index is 14.7. The molecule has 0 radical (unpaired) electrons. The molecule has 1 saturated heterocycles. The number of methoxy groups -OCH3 is 2. The monoisotopic (exact) mass is 538 g/mol. The van der Waals surface area contributed by atoms with Gasteiger partial charge in [-0.1, -0.05) is 54.6 Å². The first-order valence-corrected chi connectivity index (χ1v) is 13.2. The van der Waals surface area contributed by atoms with Crippen LogP contribution in [-0.2, 0) is 9.53 Å². The third-order valence-electron chi connectivity index (χ3n) is 7.99. The molecule has 1 fully saturated rings. The number of carbonyl (C=O) groups is 3. The van der Waals surface area contributed by atoms with E-state index in [0.717, 1.165) is 11.1 Å². The van der Waals surface area contributed by atoms with E-state index in [1.165, 1.54) is 14.2 Å². The lowest BCUT2D eigenvalue weighted by Gasteiger charge is -2.36. The van der Waals surface area contributed by atoms with E-state index >= 15 is 0 Å². The van der Waals surface area contributed by atoms with Crippen molar-refractivity contribution in [2.24, 2.45) is 10.5 Å². The molecule has 0 aromatic heterocycles. The Hall–Kier alpha value is -4.46. The molecule has 0 bridgehead atoms. The van der Waals surface area contributed by atoms with Crippen molar-refractivity contribution in [3.05, 3.63) is 94.5 Å². The van der Waals surface area contributed by atoms with Gasteiger partial charge in [0.1, 0.15) is 11.0 Å². The van der Waals surface area contributed by atoms with Crippen molar-refractivity contribution in [3.63, 3.8) is 0 Å². The van der Waals surface area contributed by atoms with Gasteiger partial charge in [0.15, 0.2) is 29.1 Å². The Morgan fingerprint density at radius 1 is 0.875 bits per heavy atom.